The summed E-state index contributed by atoms with van der Waals surface area (Å²) in [5, 5.41) is 25.0. The second-order valence-corrected chi connectivity index (χ2v) is 7.04. The van der Waals surface area contributed by atoms with Gasteiger partial charge in [-0.3, -0.25) is 10.1 Å². The first-order valence-corrected chi connectivity index (χ1v) is 8.55. The number of amides is 1. The Morgan fingerprint density at radius 1 is 1.19 bits per heavy atom. The maximum atomic E-state index is 13.2. The SMILES string of the molecule is COC(=O)Nc1cccc2c1C(=O)C1(O)c3ccc(C(C)C)cc3OC21O. The van der Waals surface area contributed by atoms with E-state index in [2.05, 4.69) is 10.1 Å². The van der Waals surface area contributed by atoms with Gasteiger partial charge in [-0.1, -0.05) is 38.1 Å². The predicted molar refractivity (Wildman–Crippen MR) is 95.8 cm³/mol. The smallest absolute Gasteiger partial charge is 0.411 e. The second-order valence-electron chi connectivity index (χ2n) is 7.04. The summed E-state index contributed by atoms with van der Waals surface area (Å²) in [6.45, 7) is 4.01. The minimum Gasteiger partial charge on any atom is -0.454 e. The summed E-state index contributed by atoms with van der Waals surface area (Å²) in [6, 6.07) is 9.64. The average molecular weight is 369 g/mol. The van der Waals surface area contributed by atoms with E-state index in [0.717, 1.165) is 5.56 Å². The Labute approximate surface area is 155 Å². The van der Waals surface area contributed by atoms with Crippen LogP contribution in [-0.4, -0.2) is 29.2 Å². The number of ketones is 1. The summed E-state index contributed by atoms with van der Waals surface area (Å²) in [6.07, 6.45) is -0.768. The number of nitrogens with one attached hydrogen (secondary N) is 1. The van der Waals surface area contributed by atoms with E-state index in [1.807, 2.05) is 13.8 Å². The zero-order valence-electron chi connectivity index (χ0n) is 15.1. The molecular weight excluding hydrogens is 350 g/mol. The van der Waals surface area contributed by atoms with Gasteiger partial charge in [-0.15, -0.1) is 0 Å². The van der Waals surface area contributed by atoms with Gasteiger partial charge in [0.2, 0.25) is 11.4 Å². The van der Waals surface area contributed by atoms with Crippen LogP contribution in [0.5, 0.6) is 5.75 Å². The minimum atomic E-state index is -2.30. The molecule has 7 nitrogen and oxygen atoms in total. The fourth-order valence-corrected chi connectivity index (χ4v) is 3.75. The topological polar surface area (TPSA) is 105 Å². The van der Waals surface area contributed by atoms with Crippen LogP contribution in [0.2, 0.25) is 0 Å². The van der Waals surface area contributed by atoms with Gasteiger partial charge in [0.05, 0.1) is 18.4 Å². The third-order valence-corrected chi connectivity index (χ3v) is 5.22. The molecule has 0 bridgehead atoms. The van der Waals surface area contributed by atoms with Gasteiger partial charge in [0.25, 0.3) is 5.79 Å². The molecule has 1 amide bonds. The molecule has 0 fully saturated rings. The van der Waals surface area contributed by atoms with Crippen LogP contribution in [0.3, 0.4) is 0 Å². The lowest BCUT2D eigenvalue weighted by molar-refractivity contribution is -0.224. The second kappa shape index (κ2) is 5.55. The van der Waals surface area contributed by atoms with Crippen molar-refractivity contribution >= 4 is 17.6 Å². The highest BCUT2D eigenvalue weighted by molar-refractivity contribution is 6.14. The van der Waals surface area contributed by atoms with E-state index >= 15 is 0 Å². The molecule has 0 aromatic heterocycles. The third kappa shape index (κ3) is 2.09. The fraction of sp³-hybridized carbons (Fsp3) is 0.300. The third-order valence-electron chi connectivity index (χ3n) is 5.22. The number of carbonyl (C=O) groups is 2. The molecule has 27 heavy (non-hydrogen) atoms. The molecule has 2 aromatic carbocycles. The number of methoxy groups -OCH3 is 1. The molecule has 1 aliphatic carbocycles. The first kappa shape index (κ1) is 17.5. The minimum absolute atomic E-state index is 0.00788. The zero-order valence-corrected chi connectivity index (χ0v) is 15.1. The van der Waals surface area contributed by atoms with E-state index in [-0.39, 0.29) is 34.0 Å². The van der Waals surface area contributed by atoms with Crippen molar-refractivity contribution in [3.8, 4) is 5.75 Å². The molecule has 3 N–H and O–H groups in total. The number of fused-ring (bicyclic) bond motifs is 5. The van der Waals surface area contributed by atoms with Crippen molar-refractivity contribution in [2.75, 3.05) is 12.4 Å². The van der Waals surface area contributed by atoms with Gasteiger partial charge in [-0.25, -0.2) is 4.79 Å². The van der Waals surface area contributed by atoms with Crippen LogP contribution in [0.15, 0.2) is 36.4 Å². The highest BCUT2D eigenvalue weighted by Gasteiger charge is 2.71. The van der Waals surface area contributed by atoms with Crippen LogP contribution >= 0.6 is 0 Å². The monoisotopic (exact) mass is 369 g/mol. The van der Waals surface area contributed by atoms with Gasteiger partial charge in [-0.2, -0.15) is 0 Å². The number of hydrogen-bond acceptors (Lipinski definition) is 6. The molecule has 7 heteroatoms. The number of anilines is 1. The summed E-state index contributed by atoms with van der Waals surface area (Å²) in [5.74, 6) is -2.55. The number of rotatable bonds is 2. The highest BCUT2D eigenvalue weighted by Crippen LogP contribution is 2.59. The molecule has 140 valence electrons. The van der Waals surface area contributed by atoms with Crippen molar-refractivity contribution in [3.63, 3.8) is 0 Å². The molecule has 0 saturated carbocycles. The van der Waals surface area contributed by atoms with Gasteiger partial charge in [0.1, 0.15) is 5.75 Å². The maximum absolute atomic E-state index is 13.2. The van der Waals surface area contributed by atoms with Crippen molar-refractivity contribution in [2.24, 2.45) is 0 Å². The number of carbonyl (C=O) groups excluding carboxylic acids is 2. The number of benzene rings is 2. The molecular formula is C20H19NO6. The normalized spacial score (nSPS) is 24.9. The van der Waals surface area contributed by atoms with Gasteiger partial charge in [-0.05, 0) is 23.6 Å². The highest BCUT2D eigenvalue weighted by atomic mass is 16.7. The molecule has 2 aliphatic rings. The average Bonchev–Trinajstić information content (AvgIpc) is 2.98. The molecule has 2 unspecified atom stereocenters. The fourth-order valence-electron chi connectivity index (χ4n) is 3.75. The molecule has 0 saturated heterocycles. The van der Waals surface area contributed by atoms with E-state index < -0.39 is 23.3 Å². The number of aliphatic hydroxyl groups is 2. The summed E-state index contributed by atoms with van der Waals surface area (Å²) in [4.78, 5) is 24.8. The Morgan fingerprint density at radius 2 is 1.93 bits per heavy atom. The zero-order chi connectivity index (χ0) is 19.6. The lowest BCUT2D eigenvalue weighted by Gasteiger charge is -2.28. The Hall–Kier alpha value is -2.90. The van der Waals surface area contributed by atoms with Crippen LogP contribution in [0.4, 0.5) is 10.5 Å². The van der Waals surface area contributed by atoms with Crippen LogP contribution < -0.4 is 10.1 Å². The maximum Gasteiger partial charge on any atom is 0.411 e. The van der Waals surface area contributed by atoms with Crippen molar-refractivity contribution in [1.29, 1.82) is 0 Å². The van der Waals surface area contributed by atoms with Crippen LogP contribution in [0.25, 0.3) is 0 Å². The lowest BCUT2D eigenvalue weighted by atomic mass is 9.86. The Balaban J connectivity index is 1.89. The molecule has 2 aromatic rings. The van der Waals surface area contributed by atoms with E-state index in [9.17, 15) is 19.8 Å². The van der Waals surface area contributed by atoms with Gasteiger partial charge in [0, 0.05) is 11.1 Å². The first-order chi connectivity index (χ1) is 12.7. The first-order valence-electron chi connectivity index (χ1n) is 8.55. The van der Waals surface area contributed by atoms with E-state index in [0.29, 0.717) is 0 Å². The van der Waals surface area contributed by atoms with Gasteiger partial charge < -0.3 is 19.7 Å². The molecule has 0 radical (unpaired) electrons. The summed E-state index contributed by atoms with van der Waals surface area (Å²) in [5.41, 5.74) is -0.940. The Kier molecular flexibility index (Phi) is 3.60. The van der Waals surface area contributed by atoms with Gasteiger partial charge in [0.15, 0.2) is 0 Å². The molecule has 0 spiro atoms. The quantitative estimate of drug-likeness (QED) is 0.752. The van der Waals surface area contributed by atoms with Gasteiger partial charge >= 0.3 is 6.09 Å². The summed E-state index contributed by atoms with van der Waals surface area (Å²) >= 11 is 0. The van der Waals surface area contributed by atoms with E-state index in [1.165, 1.54) is 19.2 Å². The standard InChI is InChI=1S/C20H19NO6/c1-10(2)11-7-8-12-15(9-11)27-20(25)13-5-4-6-14(21-18(23)26-3)16(13)17(22)19(12,20)24/h4-10,24-25H,1-3H3,(H,21,23). The Morgan fingerprint density at radius 3 is 2.59 bits per heavy atom. The molecule has 4 rings (SSSR count). The van der Waals surface area contributed by atoms with E-state index in [4.69, 9.17) is 4.74 Å². The molecule has 2 atom stereocenters. The number of Topliss-reactive ketones (excluding diaryl/α,β-unsaturated/α-hetero) is 1. The largest absolute Gasteiger partial charge is 0.454 e. The Bertz CT molecular complexity index is 984. The van der Waals surface area contributed by atoms with Crippen LogP contribution in [0.1, 0.15) is 46.8 Å². The van der Waals surface area contributed by atoms with E-state index in [1.54, 1.807) is 24.3 Å². The van der Waals surface area contributed by atoms with Crippen molar-refractivity contribution in [3.05, 3.63) is 58.7 Å². The van der Waals surface area contributed by atoms with Crippen molar-refractivity contribution in [2.45, 2.75) is 31.2 Å². The lowest BCUT2D eigenvalue weighted by Crippen LogP contribution is -2.48. The number of ether oxygens (including phenoxy) is 2. The molecule has 1 aliphatic heterocycles. The van der Waals surface area contributed by atoms with Crippen molar-refractivity contribution in [1.82, 2.24) is 0 Å². The summed E-state index contributed by atoms with van der Waals surface area (Å²) < 4.78 is 10.3. The molecule has 1 heterocycles. The van der Waals surface area contributed by atoms with Crippen molar-refractivity contribution < 1.29 is 29.3 Å². The summed E-state index contributed by atoms with van der Waals surface area (Å²) in [7, 11) is 1.20. The number of hydrogen-bond donors (Lipinski definition) is 3. The van der Waals surface area contributed by atoms with Crippen LogP contribution in [0, 0.1) is 0 Å². The predicted octanol–water partition coefficient (Wildman–Crippen LogP) is 2.61. The van der Waals surface area contributed by atoms with Crippen LogP contribution in [-0.2, 0) is 16.1 Å².